The van der Waals surface area contributed by atoms with Crippen LogP contribution < -0.4 is 26.9 Å². The lowest BCUT2D eigenvalue weighted by atomic mass is 10.3. The minimum atomic E-state index is -0.170. The summed E-state index contributed by atoms with van der Waals surface area (Å²) in [5.41, 5.74) is 0.857. The maximum Gasteiger partial charge on any atom is 0.266 e. The standard InChI is InChI=1S/C20H23Cl2N3O3.ClH/c1-15-3-2-4-19(23-15)25(8-7-24-9-11-27-12-10-24)20(26)14-28-18-6-5-16(21)13-17(18)22;/h2-6,13H,7-12,14H2,1H3;1H. The quantitative estimate of drug-likeness (QED) is 0.578. The number of hydrogen-bond donors (Lipinski definition) is 1. The molecule has 0 aliphatic carbocycles. The minimum absolute atomic E-state index is 0. The van der Waals surface area contributed by atoms with Crippen molar-refractivity contribution in [2.45, 2.75) is 6.92 Å². The second kappa shape index (κ2) is 11.6. The molecule has 0 spiro atoms. The van der Waals surface area contributed by atoms with Gasteiger partial charge >= 0.3 is 0 Å². The average molecular weight is 461 g/mol. The van der Waals surface area contributed by atoms with Gasteiger partial charge in [-0.05, 0) is 37.3 Å². The molecule has 0 unspecified atom stereocenters. The maximum absolute atomic E-state index is 12.9. The summed E-state index contributed by atoms with van der Waals surface area (Å²) < 4.78 is 11.0. The van der Waals surface area contributed by atoms with E-state index in [0.717, 1.165) is 38.5 Å². The fraction of sp³-hybridized carbons (Fsp3) is 0.400. The SMILES string of the molecule is Cc1cccc(N(CC[NH+]2CCOCC2)C(=O)COc2ccc(Cl)cc2Cl)n1.[Cl-]. The van der Waals surface area contributed by atoms with E-state index in [-0.39, 0.29) is 24.9 Å². The lowest BCUT2D eigenvalue weighted by molar-refractivity contribution is -0.906. The average Bonchev–Trinajstić information content (AvgIpc) is 2.68. The van der Waals surface area contributed by atoms with E-state index < -0.39 is 0 Å². The first-order valence-corrected chi connectivity index (χ1v) is 10.0. The van der Waals surface area contributed by atoms with Crippen LogP contribution in [0.3, 0.4) is 0 Å². The molecule has 0 atom stereocenters. The van der Waals surface area contributed by atoms with Crippen molar-refractivity contribution in [3.05, 3.63) is 52.1 Å². The van der Waals surface area contributed by atoms with E-state index in [0.29, 0.717) is 28.2 Å². The molecule has 2 aromatic rings. The molecule has 1 aromatic heterocycles. The summed E-state index contributed by atoms with van der Waals surface area (Å²) in [5.74, 6) is 0.885. The molecule has 0 saturated carbocycles. The highest BCUT2D eigenvalue weighted by molar-refractivity contribution is 6.35. The van der Waals surface area contributed by atoms with Crippen LogP contribution in [0, 0.1) is 6.92 Å². The molecule has 1 saturated heterocycles. The van der Waals surface area contributed by atoms with E-state index in [1.54, 1.807) is 23.1 Å². The van der Waals surface area contributed by atoms with Gasteiger partial charge in [-0.3, -0.25) is 9.69 Å². The maximum atomic E-state index is 12.9. The Morgan fingerprint density at radius 3 is 2.69 bits per heavy atom. The Morgan fingerprint density at radius 1 is 1.24 bits per heavy atom. The number of carbonyl (C=O) groups excluding carboxylic acids is 1. The van der Waals surface area contributed by atoms with Crippen molar-refractivity contribution in [1.29, 1.82) is 0 Å². The summed E-state index contributed by atoms with van der Waals surface area (Å²) in [4.78, 5) is 20.5. The molecular weight excluding hydrogens is 437 g/mol. The highest BCUT2D eigenvalue weighted by Crippen LogP contribution is 2.27. The monoisotopic (exact) mass is 459 g/mol. The lowest BCUT2D eigenvalue weighted by Gasteiger charge is -2.27. The molecule has 9 heteroatoms. The van der Waals surface area contributed by atoms with Gasteiger partial charge in [0, 0.05) is 10.7 Å². The Bertz CT molecular complexity index is 817. The predicted molar refractivity (Wildman–Crippen MR) is 110 cm³/mol. The fourth-order valence-electron chi connectivity index (χ4n) is 3.04. The Labute approximate surface area is 187 Å². The summed E-state index contributed by atoms with van der Waals surface area (Å²) in [7, 11) is 0. The van der Waals surface area contributed by atoms with Crippen molar-refractivity contribution in [3.8, 4) is 5.75 Å². The van der Waals surface area contributed by atoms with Gasteiger partial charge in [0.1, 0.15) is 24.7 Å². The van der Waals surface area contributed by atoms with Gasteiger partial charge in [-0.1, -0.05) is 29.3 Å². The number of aryl methyl sites for hydroxylation is 1. The van der Waals surface area contributed by atoms with Crippen molar-refractivity contribution >= 4 is 34.9 Å². The van der Waals surface area contributed by atoms with Crippen molar-refractivity contribution in [1.82, 2.24) is 4.98 Å². The number of nitrogens with one attached hydrogen (secondary N) is 1. The number of pyridine rings is 1. The third-order valence-corrected chi connectivity index (χ3v) is 5.12. The van der Waals surface area contributed by atoms with Crippen LogP contribution in [0.25, 0.3) is 0 Å². The molecule has 1 N–H and O–H groups in total. The third-order valence-electron chi connectivity index (χ3n) is 4.59. The molecular formula is C20H24Cl3N3O3. The Balaban J connectivity index is 0.00000300. The zero-order valence-corrected chi connectivity index (χ0v) is 18.4. The van der Waals surface area contributed by atoms with Crippen LogP contribution in [0.4, 0.5) is 5.82 Å². The number of carbonyl (C=O) groups is 1. The molecule has 0 radical (unpaired) electrons. The van der Waals surface area contributed by atoms with Gasteiger partial charge in [-0.15, -0.1) is 0 Å². The highest BCUT2D eigenvalue weighted by Gasteiger charge is 2.22. The number of hydrogen-bond acceptors (Lipinski definition) is 4. The summed E-state index contributed by atoms with van der Waals surface area (Å²) in [6.07, 6.45) is 0. The van der Waals surface area contributed by atoms with Gasteiger partial charge in [0.15, 0.2) is 6.61 Å². The number of halogens is 3. The number of nitrogens with zero attached hydrogens (tertiary/aromatic N) is 2. The van der Waals surface area contributed by atoms with E-state index in [1.807, 2.05) is 25.1 Å². The van der Waals surface area contributed by atoms with Crippen LogP contribution in [-0.4, -0.2) is 56.9 Å². The summed E-state index contributed by atoms with van der Waals surface area (Å²) in [6.45, 7) is 6.56. The Morgan fingerprint density at radius 2 is 2.00 bits per heavy atom. The third kappa shape index (κ3) is 7.01. The number of quaternary nitrogens is 1. The Hall–Kier alpha value is -1.57. The van der Waals surface area contributed by atoms with Crippen LogP contribution in [0.1, 0.15) is 5.69 Å². The number of morpholine rings is 1. The number of rotatable bonds is 7. The van der Waals surface area contributed by atoms with Gasteiger partial charge in [0.2, 0.25) is 0 Å². The van der Waals surface area contributed by atoms with E-state index in [4.69, 9.17) is 32.7 Å². The number of amides is 1. The van der Waals surface area contributed by atoms with Gasteiger partial charge < -0.3 is 26.8 Å². The summed E-state index contributed by atoms with van der Waals surface area (Å²) >= 11 is 12.0. The molecule has 29 heavy (non-hydrogen) atoms. The number of benzene rings is 1. The van der Waals surface area contributed by atoms with E-state index in [9.17, 15) is 4.79 Å². The molecule has 1 aliphatic heterocycles. The normalized spacial score (nSPS) is 14.2. The van der Waals surface area contributed by atoms with Gasteiger partial charge in [-0.25, -0.2) is 4.98 Å². The van der Waals surface area contributed by atoms with Gasteiger partial charge in [0.05, 0.1) is 31.3 Å². The summed E-state index contributed by atoms with van der Waals surface area (Å²) in [5, 5.41) is 0.890. The largest absolute Gasteiger partial charge is 1.00 e. The van der Waals surface area contributed by atoms with Crippen LogP contribution in [-0.2, 0) is 9.53 Å². The number of anilines is 1. The molecule has 1 fully saturated rings. The van der Waals surface area contributed by atoms with Crippen molar-refractivity contribution in [2.75, 3.05) is 50.9 Å². The van der Waals surface area contributed by atoms with Crippen LogP contribution in [0.15, 0.2) is 36.4 Å². The van der Waals surface area contributed by atoms with Crippen molar-refractivity contribution < 1.29 is 31.6 Å². The molecule has 0 bridgehead atoms. The number of ether oxygens (including phenoxy) is 2. The topological polar surface area (TPSA) is 56.1 Å². The first kappa shape index (κ1) is 23.7. The molecule has 6 nitrogen and oxygen atoms in total. The van der Waals surface area contributed by atoms with Crippen molar-refractivity contribution in [2.24, 2.45) is 0 Å². The summed E-state index contributed by atoms with van der Waals surface area (Å²) in [6, 6.07) is 10.6. The minimum Gasteiger partial charge on any atom is -1.00 e. The Kier molecular flexibility index (Phi) is 9.46. The zero-order valence-electron chi connectivity index (χ0n) is 16.2. The van der Waals surface area contributed by atoms with Gasteiger partial charge in [0.25, 0.3) is 5.91 Å². The van der Waals surface area contributed by atoms with E-state index >= 15 is 0 Å². The lowest BCUT2D eigenvalue weighted by Crippen LogP contribution is -3.14. The number of aromatic nitrogens is 1. The molecule has 1 aliphatic rings. The smallest absolute Gasteiger partial charge is 0.266 e. The van der Waals surface area contributed by atoms with Gasteiger partial charge in [-0.2, -0.15) is 0 Å². The van der Waals surface area contributed by atoms with Crippen molar-refractivity contribution in [3.63, 3.8) is 0 Å². The zero-order chi connectivity index (χ0) is 19.9. The molecule has 2 heterocycles. The second-order valence-corrected chi connectivity index (χ2v) is 7.50. The predicted octanol–water partition coefficient (Wildman–Crippen LogP) is -0.972. The van der Waals surface area contributed by atoms with Crippen LogP contribution >= 0.6 is 23.2 Å². The van der Waals surface area contributed by atoms with Crippen LogP contribution in [0.5, 0.6) is 5.75 Å². The molecule has 1 aromatic carbocycles. The second-order valence-electron chi connectivity index (χ2n) is 6.66. The molecule has 3 rings (SSSR count). The fourth-order valence-corrected chi connectivity index (χ4v) is 3.50. The molecule has 1 amide bonds. The first-order valence-electron chi connectivity index (χ1n) is 9.26. The van der Waals surface area contributed by atoms with E-state index in [1.165, 1.54) is 4.90 Å². The van der Waals surface area contributed by atoms with Crippen LogP contribution in [0.2, 0.25) is 10.0 Å². The van der Waals surface area contributed by atoms with E-state index in [2.05, 4.69) is 4.98 Å². The molecule has 158 valence electrons. The first-order chi connectivity index (χ1) is 13.5. The highest BCUT2D eigenvalue weighted by atomic mass is 35.5.